The Bertz CT molecular complexity index is 1030. The van der Waals surface area contributed by atoms with Gasteiger partial charge in [-0.1, -0.05) is 36.7 Å². The minimum absolute atomic E-state index is 0.149. The fourth-order valence-electron chi connectivity index (χ4n) is 2.96. The third-order valence-corrected chi connectivity index (χ3v) is 4.94. The molecule has 1 aliphatic heterocycles. The van der Waals surface area contributed by atoms with Crippen molar-refractivity contribution in [3.63, 3.8) is 0 Å². The first-order chi connectivity index (χ1) is 13.8. The highest BCUT2D eigenvalue weighted by Gasteiger charge is 2.37. The Morgan fingerprint density at radius 3 is 2.59 bits per heavy atom. The van der Waals surface area contributed by atoms with E-state index in [0.29, 0.717) is 28.6 Å². The Labute approximate surface area is 174 Å². The van der Waals surface area contributed by atoms with Crippen molar-refractivity contribution in [2.75, 3.05) is 11.5 Å². The molecule has 1 N–H and O–H groups in total. The van der Waals surface area contributed by atoms with Crippen LogP contribution in [0.3, 0.4) is 0 Å². The molecule has 1 saturated heterocycles. The lowest BCUT2D eigenvalue weighted by Gasteiger charge is -2.28. The van der Waals surface area contributed by atoms with Crippen LogP contribution < -0.4 is 15.0 Å². The van der Waals surface area contributed by atoms with Crippen LogP contribution in [0.15, 0.2) is 42.0 Å². The molecular formula is C22H21ClN2O4. The molecule has 0 saturated carbocycles. The second kappa shape index (κ2) is 8.49. The van der Waals surface area contributed by atoms with Gasteiger partial charge >= 0.3 is 6.03 Å². The van der Waals surface area contributed by atoms with Crippen molar-refractivity contribution in [2.24, 2.45) is 0 Å². The van der Waals surface area contributed by atoms with E-state index in [1.54, 1.807) is 30.3 Å². The molecule has 6 nitrogen and oxygen atoms in total. The monoisotopic (exact) mass is 412 g/mol. The first kappa shape index (κ1) is 20.6. The van der Waals surface area contributed by atoms with Crippen molar-refractivity contribution in [1.29, 1.82) is 0 Å². The van der Waals surface area contributed by atoms with Crippen LogP contribution >= 0.6 is 11.6 Å². The molecule has 7 heteroatoms. The summed E-state index contributed by atoms with van der Waals surface area (Å²) in [6.45, 7) is 6.23. The maximum atomic E-state index is 13.0. The summed E-state index contributed by atoms with van der Waals surface area (Å²) in [6.07, 6.45) is 2.26. The Morgan fingerprint density at radius 1 is 1.14 bits per heavy atom. The number of hydrogen-bond acceptors (Lipinski definition) is 4. The third kappa shape index (κ3) is 4.17. The molecular weight excluding hydrogens is 392 g/mol. The number of hydrogen-bond donors (Lipinski definition) is 1. The van der Waals surface area contributed by atoms with E-state index in [9.17, 15) is 14.4 Å². The molecule has 1 aliphatic rings. The zero-order chi connectivity index (χ0) is 21.1. The van der Waals surface area contributed by atoms with Crippen LogP contribution in [-0.2, 0) is 9.59 Å². The highest BCUT2D eigenvalue weighted by molar-refractivity contribution is 6.39. The smallest absolute Gasteiger partial charge is 0.335 e. The lowest BCUT2D eigenvalue weighted by atomic mass is 10.0. The molecule has 2 aromatic rings. The zero-order valence-corrected chi connectivity index (χ0v) is 17.2. The van der Waals surface area contributed by atoms with Gasteiger partial charge in [-0.05, 0) is 61.2 Å². The van der Waals surface area contributed by atoms with E-state index in [1.165, 1.54) is 6.08 Å². The number of carbonyl (C=O) groups excluding carboxylic acids is 3. The van der Waals surface area contributed by atoms with E-state index >= 15 is 0 Å². The Hall–Kier alpha value is -3.12. The molecule has 2 aromatic carbocycles. The predicted molar refractivity (Wildman–Crippen MR) is 112 cm³/mol. The molecule has 0 aromatic heterocycles. The topological polar surface area (TPSA) is 75.7 Å². The maximum absolute atomic E-state index is 13.0. The summed E-state index contributed by atoms with van der Waals surface area (Å²) < 4.78 is 5.53. The SMILES string of the molecule is CCCOc1ccc(/C=C2\C(=O)NC(=O)N(c3cccc(C)c3C)C2=O)cc1Cl. The van der Waals surface area contributed by atoms with Crippen LogP contribution in [0.5, 0.6) is 5.75 Å². The minimum Gasteiger partial charge on any atom is -0.492 e. The third-order valence-electron chi connectivity index (χ3n) is 4.65. The van der Waals surface area contributed by atoms with Gasteiger partial charge in [0.05, 0.1) is 17.3 Å². The van der Waals surface area contributed by atoms with E-state index in [0.717, 1.165) is 22.4 Å². The molecule has 29 heavy (non-hydrogen) atoms. The number of anilines is 1. The highest BCUT2D eigenvalue weighted by Crippen LogP contribution is 2.29. The number of amides is 4. The molecule has 0 radical (unpaired) electrons. The fraction of sp³-hybridized carbons (Fsp3) is 0.227. The summed E-state index contributed by atoms with van der Waals surface area (Å²) in [5.74, 6) is -0.902. The van der Waals surface area contributed by atoms with Crippen molar-refractivity contribution < 1.29 is 19.1 Å². The predicted octanol–water partition coefficient (Wildman–Crippen LogP) is 4.41. The summed E-state index contributed by atoms with van der Waals surface area (Å²) in [4.78, 5) is 38.7. The van der Waals surface area contributed by atoms with Gasteiger partial charge in [-0.15, -0.1) is 0 Å². The summed E-state index contributed by atoms with van der Waals surface area (Å²) in [7, 11) is 0. The first-order valence-electron chi connectivity index (χ1n) is 9.23. The summed E-state index contributed by atoms with van der Waals surface area (Å²) in [5.41, 5.74) is 2.55. The number of ether oxygens (including phenoxy) is 1. The van der Waals surface area contributed by atoms with Crippen molar-refractivity contribution in [3.05, 3.63) is 63.7 Å². The molecule has 1 heterocycles. The molecule has 0 aliphatic carbocycles. The van der Waals surface area contributed by atoms with E-state index in [2.05, 4.69) is 5.32 Å². The number of urea groups is 1. The second-order valence-electron chi connectivity index (χ2n) is 6.72. The maximum Gasteiger partial charge on any atom is 0.335 e. The number of nitrogens with zero attached hydrogens (tertiary/aromatic N) is 1. The van der Waals surface area contributed by atoms with Crippen LogP contribution in [0.1, 0.15) is 30.0 Å². The minimum atomic E-state index is -0.771. The molecule has 4 amide bonds. The second-order valence-corrected chi connectivity index (χ2v) is 7.12. The molecule has 150 valence electrons. The normalized spacial score (nSPS) is 15.7. The standard InChI is InChI=1S/C22H21ClN2O4/c1-4-10-29-19-9-8-15(12-17(19)23)11-16-20(26)24-22(28)25(21(16)27)18-7-5-6-13(2)14(18)3/h5-9,11-12H,4,10H2,1-3H3,(H,24,26,28)/b16-11+. The number of imide groups is 2. The number of nitrogens with one attached hydrogen (secondary N) is 1. The molecule has 0 bridgehead atoms. The number of benzene rings is 2. The number of rotatable bonds is 5. The van der Waals surface area contributed by atoms with E-state index in [4.69, 9.17) is 16.3 Å². The van der Waals surface area contributed by atoms with Gasteiger partial charge in [0, 0.05) is 0 Å². The molecule has 0 atom stereocenters. The van der Waals surface area contributed by atoms with Gasteiger partial charge in [-0.2, -0.15) is 0 Å². The van der Waals surface area contributed by atoms with Gasteiger partial charge in [-0.3, -0.25) is 14.9 Å². The van der Waals surface area contributed by atoms with Gasteiger partial charge in [0.25, 0.3) is 11.8 Å². The first-order valence-corrected chi connectivity index (χ1v) is 9.61. The van der Waals surface area contributed by atoms with Crippen molar-refractivity contribution in [3.8, 4) is 5.75 Å². The number of halogens is 1. The average molecular weight is 413 g/mol. The molecule has 0 unspecified atom stereocenters. The van der Waals surface area contributed by atoms with Gasteiger partial charge in [0.15, 0.2) is 0 Å². The van der Waals surface area contributed by atoms with Crippen molar-refractivity contribution in [2.45, 2.75) is 27.2 Å². The number of barbiturate groups is 1. The lowest BCUT2D eigenvalue weighted by molar-refractivity contribution is -0.122. The molecule has 3 rings (SSSR count). The van der Waals surface area contributed by atoms with E-state index in [-0.39, 0.29) is 5.57 Å². The molecule has 1 fully saturated rings. The number of carbonyl (C=O) groups is 3. The van der Waals surface area contributed by atoms with Crippen molar-refractivity contribution >= 4 is 41.2 Å². The van der Waals surface area contributed by atoms with Crippen LogP contribution in [0.4, 0.5) is 10.5 Å². The van der Waals surface area contributed by atoms with Gasteiger partial charge in [0.2, 0.25) is 0 Å². The van der Waals surface area contributed by atoms with Crippen LogP contribution in [0.25, 0.3) is 6.08 Å². The molecule has 0 spiro atoms. The van der Waals surface area contributed by atoms with E-state index in [1.807, 2.05) is 26.8 Å². The van der Waals surface area contributed by atoms with Crippen molar-refractivity contribution in [1.82, 2.24) is 5.32 Å². The highest BCUT2D eigenvalue weighted by atomic mass is 35.5. The Morgan fingerprint density at radius 2 is 1.90 bits per heavy atom. The number of aryl methyl sites for hydroxylation is 1. The Kier molecular flexibility index (Phi) is 6.03. The largest absolute Gasteiger partial charge is 0.492 e. The van der Waals surface area contributed by atoms with Crippen LogP contribution in [-0.4, -0.2) is 24.5 Å². The van der Waals surface area contributed by atoms with E-state index < -0.39 is 17.8 Å². The fourth-order valence-corrected chi connectivity index (χ4v) is 3.20. The zero-order valence-electron chi connectivity index (χ0n) is 16.4. The summed E-state index contributed by atoms with van der Waals surface area (Å²) in [6, 6.07) is 9.53. The quantitative estimate of drug-likeness (QED) is 0.583. The summed E-state index contributed by atoms with van der Waals surface area (Å²) in [5, 5.41) is 2.60. The summed E-state index contributed by atoms with van der Waals surface area (Å²) >= 11 is 6.24. The van der Waals surface area contributed by atoms with Gasteiger partial charge in [0.1, 0.15) is 11.3 Å². The van der Waals surface area contributed by atoms with Crippen LogP contribution in [0.2, 0.25) is 5.02 Å². The lowest BCUT2D eigenvalue weighted by Crippen LogP contribution is -2.54. The van der Waals surface area contributed by atoms with Crippen LogP contribution in [0, 0.1) is 13.8 Å². The van der Waals surface area contributed by atoms with Gasteiger partial charge < -0.3 is 4.74 Å². The average Bonchev–Trinajstić information content (AvgIpc) is 2.67. The van der Waals surface area contributed by atoms with Gasteiger partial charge in [-0.25, -0.2) is 9.69 Å². The Balaban J connectivity index is 1.97.